The smallest absolute Gasteiger partial charge is 0.234 e. The van der Waals surface area contributed by atoms with Gasteiger partial charge in [0, 0.05) is 30.7 Å². The van der Waals surface area contributed by atoms with Gasteiger partial charge in [-0.25, -0.2) is 0 Å². The maximum absolute atomic E-state index is 12.2. The van der Waals surface area contributed by atoms with Crippen LogP contribution in [0.5, 0.6) is 0 Å². The topological polar surface area (TPSA) is 62.5 Å². The predicted molar refractivity (Wildman–Crippen MR) is 100 cm³/mol. The van der Waals surface area contributed by atoms with Gasteiger partial charge in [0.15, 0.2) is 10.8 Å². The van der Waals surface area contributed by atoms with Crippen LogP contribution in [0.25, 0.3) is 5.65 Å². The molecule has 1 aliphatic rings. The summed E-state index contributed by atoms with van der Waals surface area (Å²) in [4.78, 5) is 14.6. The van der Waals surface area contributed by atoms with Gasteiger partial charge in [0.05, 0.1) is 5.75 Å². The van der Waals surface area contributed by atoms with Gasteiger partial charge in [-0.2, -0.15) is 0 Å². The summed E-state index contributed by atoms with van der Waals surface area (Å²) in [5.74, 6) is 0.246. The highest BCUT2D eigenvalue weighted by Crippen LogP contribution is 2.22. The monoisotopic (exact) mass is 353 g/mol. The molecule has 3 heterocycles. The van der Waals surface area contributed by atoms with Crippen LogP contribution in [0.2, 0.25) is 0 Å². The van der Waals surface area contributed by atoms with E-state index in [0.717, 1.165) is 29.6 Å². The van der Waals surface area contributed by atoms with Crippen LogP contribution in [-0.2, 0) is 4.79 Å². The fourth-order valence-corrected chi connectivity index (χ4v) is 3.70. The minimum Gasteiger partial charge on any atom is -0.372 e. The van der Waals surface area contributed by atoms with Crippen molar-refractivity contribution < 1.29 is 4.79 Å². The molecule has 0 radical (unpaired) electrons. The maximum atomic E-state index is 12.2. The standard InChI is InChI=1S/C18H19N5OS/c24-17(13-25-18-21-20-16-5-1-2-12-23(16)18)19-14-6-8-15(9-7-14)22-10-3-4-11-22/h1-2,5-9,12H,3-4,10-11,13H2,(H,19,24). The predicted octanol–water partition coefficient (Wildman–Crippen LogP) is 3.06. The fourth-order valence-electron chi connectivity index (χ4n) is 2.98. The maximum Gasteiger partial charge on any atom is 0.234 e. The molecule has 0 unspecified atom stereocenters. The van der Waals surface area contributed by atoms with Crippen molar-refractivity contribution in [3.63, 3.8) is 0 Å². The van der Waals surface area contributed by atoms with E-state index in [2.05, 4.69) is 32.5 Å². The molecule has 6 nitrogen and oxygen atoms in total. The van der Waals surface area contributed by atoms with Gasteiger partial charge >= 0.3 is 0 Å². The highest BCUT2D eigenvalue weighted by atomic mass is 32.2. The summed E-state index contributed by atoms with van der Waals surface area (Å²) >= 11 is 1.38. The third-order valence-corrected chi connectivity index (χ3v) is 5.18. The Balaban J connectivity index is 1.34. The molecular weight excluding hydrogens is 334 g/mol. The van der Waals surface area contributed by atoms with Gasteiger partial charge in [-0.1, -0.05) is 17.8 Å². The van der Waals surface area contributed by atoms with Crippen LogP contribution >= 0.6 is 11.8 Å². The number of benzene rings is 1. The lowest BCUT2D eigenvalue weighted by atomic mass is 10.2. The van der Waals surface area contributed by atoms with Crippen LogP contribution < -0.4 is 10.2 Å². The summed E-state index contributed by atoms with van der Waals surface area (Å²) < 4.78 is 1.88. The highest BCUT2D eigenvalue weighted by molar-refractivity contribution is 7.99. The number of carbonyl (C=O) groups excluding carboxylic acids is 1. The highest BCUT2D eigenvalue weighted by Gasteiger charge is 2.12. The molecule has 1 amide bonds. The second-order valence-corrected chi connectivity index (χ2v) is 6.93. The van der Waals surface area contributed by atoms with Gasteiger partial charge in [-0.15, -0.1) is 10.2 Å². The van der Waals surface area contributed by atoms with Gasteiger partial charge < -0.3 is 10.2 Å². The first kappa shape index (κ1) is 16.0. The Morgan fingerprint density at radius 3 is 2.68 bits per heavy atom. The Morgan fingerprint density at radius 1 is 1.08 bits per heavy atom. The van der Waals surface area contributed by atoms with Crippen molar-refractivity contribution in [3.05, 3.63) is 48.7 Å². The largest absolute Gasteiger partial charge is 0.372 e. The summed E-state index contributed by atoms with van der Waals surface area (Å²) in [6.07, 6.45) is 4.41. The molecule has 0 spiro atoms. The lowest BCUT2D eigenvalue weighted by molar-refractivity contribution is -0.113. The van der Waals surface area contributed by atoms with Crippen molar-refractivity contribution in [2.24, 2.45) is 0 Å². The number of rotatable bonds is 5. The Bertz CT molecular complexity index is 871. The zero-order chi connectivity index (χ0) is 17.1. The summed E-state index contributed by atoms with van der Waals surface area (Å²) in [6, 6.07) is 13.8. The quantitative estimate of drug-likeness (QED) is 0.714. The first-order valence-electron chi connectivity index (χ1n) is 8.37. The Hall–Kier alpha value is -2.54. The number of hydrogen-bond acceptors (Lipinski definition) is 5. The lowest BCUT2D eigenvalue weighted by Gasteiger charge is -2.17. The third-order valence-electron chi connectivity index (χ3n) is 4.24. The van der Waals surface area contributed by atoms with Crippen molar-refractivity contribution in [1.29, 1.82) is 0 Å². The third kappa shape index (κ3) is 3.61. The molecule has 1 N–H and O–H groups in total. The van der Waals surface area contributed by atoms with Gasteiger partial charge in [-0.3, -0.25) is 9.20 Å². The first-order chi connectivity index (χ1) is 12.3. The molecule has 1 fully saturated rings. The number of fused-ring (bicyclic) bond motifs is 1. The molecule has 7 heteroatoms. The second-order valence-electron chi connectivity index (χ2n) is 5.99. The van der Waals surface area contributed by atoms with E-state index in [-0.39, 0.29) is 5.91 Å². The van der Waals surface area contributed by atoms with E-state index in [1.807, 2.05) is 40.9 Å². The first-order valence-corrected chi connectivity index (χ1v) is 9.35. The molecule has 0 atom stereocenters. The normalized spacial score (nSPS) is 14.2. The molecule has 1 aromatic carbocycles. The number of nitrogens with zero attached hydrogens (tertiary/aromatic N) is 4. The van der Waals surface area contributed by atoms with Crippen molar-refractivity contribution in [2.75, 3.05) is 29.1 Å². The van der Waals surface area contributed by atoms with E-state index in [9.17, 15) is 4.79 Å². The SMILES string of the molecule is O=C(CSc1nnc2ccccn12)Nc1ccc(N2CCCC2)cc1. The van der Waals surface area contributed by atoms with Gasteiger partial charge in [0.1, 0.15) is 0 Å². The van der Waals surface area contributed by atoms with E-state index in [4.69, 9.17) is 0 Å². The Morgan fingerprint density at radius 2 is 1.88 bits per heavy atom. The fraction of sp³-hybridized carbons (Fsp3) is 0.278. The number of nitrogens with one attached hydrogen (secondary N) is 1. The minimum absolute atomic E-state index is 0.0494. The van der Waals surface area contributed by atoms with E-state index >= 15 is 0 Å². The van der Waals surface area contributed by atoms with Crippen LogP contribution in [0.15, 0.2) is 53.8 Å². The molecule has 3 aromatic rings. The molecular formula is C18H19N5OS. The van der Waals surface area contributed by atoms with E-state index in [0.29, 0.717) is 5.75 Å². The van der Waals surface area contributed by atoms with Gasteiger partial charge in [0.25, 0.3) is 0 Å². The molecule has 4 rings (SSSR count). The van der Waals surface area contributed by atoms with Crippen LogP contribution in [0.1, 0.15) is 12.8 Å². The zero-order valence-corrected chi connectivity index (χ0v) is 14.6. The summed E-state index contributed by atoms with van der Waals surface area (Å²) in [7, 11) is 0. The van der Waals surface area contributed by atoms with E-state index in [1.165, 1.54) is 30.3 Å². The molecule has 0 saturated carbocycles. The van der Waals surface area contributed by atoms with Crippen molar-refractivity contribution in [2.45, 2.75) is 18.0 Å². The molecule has 128 valence electrons. The van der Waals surface area contributed by atoms with Gasteiger partial charge in [0.2, 0.25) is 5.91 Å². The Labute approximate surface area is 150 Å². The van der Waals surface area contributed by atoms with E-state index in [1.54, 1.807) is 0 Å². The number of amides is 1. The molecule has 1 aliphatic heterocycles. The number of aromatic nitrogens is 3. The minimum atomic E-state index is -0.0494. The molecule has 1 saturated heterocycles. The summed E-state index contributed by atoms with van der Waals surface area (Å²) in [5.41, 5.74) is 2.82. The summed E-state index contributed by atoms with van der Waals surface area (Å²) in [5, 5.41) is 11.9. The number of pyridine rings is 1. The van der Waals surface area contributed by atoms with Crippen molar-refractivity contribution in [3.8, 4) is 0 Å². The molecule has 2 aromatic heterocycles. The average Bonchev–Trinajstić information content (AvgIpc) is 3.31. The zero-order valence-electron chi connectivity index (χ0n) is 13.8. The molecule has 0 bridgehead atoms. The van der Waals surface area contributed by atoms with E-state index < -0.39 is 0 Å². The number of carbonyl (C=O) groups is 1. The Kier molecular flexibility index (Phi) is 4.56. The van der Waals surface area contributed by atoms with Crippen LogP contribution in [0, 0.1) is 0 Å². The van der Waals surface area contributed by atoms with Crippen molar-refractivity contribution in [1.82, 2.24) is 14.6 Å². The number of anilines is 2. The number of thioether (sulfide) groups is 1. The van der Waals surface area contributed by atoms with Crippen LogP contribution in [0.4, 0.5) is 11.4 Å². The van der Waals surface area contributed by atoms with Gasteiger partial charge in [-0.05, 0) is 49.2 Å². The van der Waals surface area contributed by atoms with Crippen molar-refractivity contribution >= 4 is 34.7 Å². The van der Waals surface area contributed by atoms with Crippen LogP contribution in [-0.4, -0.2) is 39.3 Å². The lowest BCUT2D eigenvalue weighted by Crippen LogP contribution is -2.18. The molecule has 25 heavy (non-hydrogen) atoms. The molecule has 0 aliphatic carbocycles. The second kappa shape index (κ2) is 7.14. The van der Waals surface area contributed by atoms with Crippen LogP contribution in [0.3, 0.4) is 0 Å². The average molecular weight is 353 g/mol. The number of hydrogen-bond donors (Lipinski definition) is 1. The summed E-state index contributed by atoms with van der Waals surface area (Å²) in [6.45, 7) is 2.24.